The highest BCUT2D eigenvalue weighted by Gasteiger charge is 2.17. The Morgan fingerprint density at radius 3 is 0.710 bits per heavy atom. The minimum absolute atomic E-state index is 1.22. The molecule has 0 radical (unpaired) electrons. The van der Waals surface area contributed by atoms with Crippen LogP contribution in [0.15, 0.2) is 243 Å². The van der Waals surface area contributed by atoms with E-state index >= 15 is 0 Å². The molecule has 0 saturated carbocycles. The van der Waals surface area contributed by atoms with Crippen molar-refractivity contribution in [1.82, 2.24) is 0 Å². The van der Waals surface area contributed by atoms with Gasteiger partial charge in [0.2, 0.25) is 0 Å². The number of rotatable bonds is 6. The lowest BCUT2D eigenvalue weighted by Crippen LogP contribution is -1.91. The molecule has 0 heterocycles. The van der Waals surface area contributed by atoms with E-state index in [-0.39, 0.29) is 0 Å². The summed E-state index contributed by atoms with van der Waals surface area (Å²) >= 11 is 0. The van der Waals surface area contributed by atoms with Crippen molar-refractivity contribution in [2.45, 2.75) is 0 Å². The molecule has 0 aliphatic rings. The lowest BCUT2D eigenvalue weighted by molar-refractivity contribution is 1.61. The van der Waals surface area contributed by atoms with E-state index in [1.165, 1.54) is 121 Å². The molecule has 0 nitrogen and oxygen atoms in total. The van der Waals surface area contributed by atoms with Gasteiger partial charge in [0.15, 0.2) is 0 Å². The normalized spacial score (nSPS) is 11.5. The number of fused-ring (bicyclic) bond motifs is 5. The van der Waals surface area contributed by atoms with Crippen molar-refractivity contribution < 1.29 is 0 Å². The number of hydrogen-bond acceptors (Lipinski definition) is 0. The van der Waals surface area contributed by atoms with Gasteiger partial charge in [-0.05, 0) is 133 Å². The molecule has 0 aliphatic heterocycles. The first kappa shape index (κ1) is 35.8. The minimum Gasteiger partial charge on any atom is -0.0616 e. The van der Waals surface area contributed by atoms with Crippen LogP contribution in [-0.4, -0.2) is 0 Å². The van der Waals surface area contributed by atoms with E-state index in [1.54, 1.807) is 0 Å². The zero-order valence-electron chi connectivity index (χ0n) is 34.1. The summed E-state index contributed by atoms with van der Waals surface area (Å²) < 4.78 is 0. The average Bonchev–Trinajstić information content (AvgIpc) is 3.35. The van der Waals surface area contributed by atoms with Crippen LogP contribution in [0, 0.1) is 0 Å². The summed E-state index contributed by atoms with van der Waals surface area (Å²) in [6.07, 6.45) is 0. The molecular weight excluding hydrogens is 745 g/mol. The van der Waals surface area contributed by atoms with Crippen molar-refractivity contribution in [3.63, 3.8) is 0 Å². The van der Waals surface area contributed by atoms with Crippen molar-refractivity contribution in [2.75, 3.05) is 0 Å². The van der Waals surface area contributed by atoms with Crippen LogP contribution >= 0.6 is 0 Å². The first-order valence-corrected chi connectivity index (χ1v) is 21.5. The van der Waals surface area contributed by atoms with Gasteiger partial charge in [0.25, 0.3) is 0 Å². The molecule has 62 heavy (non-hydrogen) atoms. The van der Waals surface area contributed by atoms with E-state index < -0.39 is 0 Å². The van der Waals surface area contributed by atoms with Crippen LogP contribution in [0.4, 0.5) is 0 Å². The van der Waals surface area contributed by atoms with E-state index in [9.17, 15) is 0 Å². The van der Waals surface area contributed by atoms with Crippen LogP contribution in [-0.2, 0) is 0 Å². The van der Waals surface area contributed by atoms with Gasteiger partial charge in [0, 0.05) is 0 Å². The van der Waals surface area contributed by atoms with Gasteiger partial charge in [0.1, 0.15) is 0 Å². The third kappa shape index (κ3) is 5.99. The average molecular weight is 785 g/mol. The van der Waals surface area contributed by atoms with E-state index in [1.807, 2.05) is 0 Å². The van der Waals surface area contributed by atoms with Gasteiger partial charge in [-0.15, -0.1) is 0 Å². The molecule has 0 aromatic heterocycles. The molecular formula is C62H40. The zero-order valence-corrected chi connectivity index (χ0v) is 34.1. The molecule has 12 rings (SSSR count). The Morgan fingerprint density at radius 1 is 0.145 bits per heavy atom. The number of hydrogen-bond donors (Lipinski definition) is 0. The standard InChI is InChI=1S/C62H40/c1-3-23-47-41(15-1)17-13-31-49(47)43-19-11-21-45(39-43)51-33-35-59(55-27-7-5-25-53(51)55)61-37-38-62(58-30-10-9-29-57(58)61)60-36-34-52(54-26-6-8-28-56(54)60)46-22-12-20-44(40-46)50-32-14-18-42-16-2-4-24-48(42)50/h1-40H. The first-order chi connectivity index (χ1) is 30.8. The summed E-state index contributed by atoms with van der Waals surface area (Å²) in [5, 5.41) is 12.5. The van der Waals surface area contributed by atoms with Crippen molar-refractivity contribution >= 4 is 53.9 Å². The summed E-state index contributed by atoms with van der Waals surface area (Å²) in [5.41, 5.74) is 14.8. The van der Waals surface area contributed by atoms with Gasteiger partial charge in [-0.2, -0.15) is 0 Å². The van der Waals surface area contributed by atoms with Crippen LogP contribution in [0.25, 0.3) is 121 Å². The molecule has 0 unspecified atom stereocenters. The fourth-order valence-corrected chi connectivity index (χ4v) is 10.0. The van der Waals surface area contributed by atoms with Crippen molar-refractivity contribution in [3.05, 3.63) is 243 Å². The molecule has 0 N–H and O–H groups in total. The van der Waals surface area contributed by atoms with E-state index in [0.717, 1.165) is 0 Å². The van der Waals surface area contributed by atoms with Crippen LogP contribution in [0.2, 0.25) is 0 Å². The Labute approximate surface area is 361 Å². The molecule has 0 fully saturated rings. The van der Waals surface area contributed by atoms with Crippen molar-refractivity contribution in [1.29, 1.82) is 0 Å². The Balaban J connectivity index is 0.961. The smallest absolute Gasteiger partial charge is 0.00987 e. The highest BCUT2D eigenvalue weighted by Crippen LogP contribution is 2.44. The Morgan fingerprint density at radius 2 is 0.371 bits per heavy atom. The van der Waals surface area contributed by atoms with Gasteiger partial charge in [-0.3, -0.25) is 0 Å². The molecule has 0 amide bonds. The van der Waals surface area contributed by atoms with Gasteiger partial charge in [0.05, 0.1) is 0 Å². The van der Waals surface area contributed by atoms with E-state index in [4.69, 9.17) is 0 Å². The molecule has 0 bridgehead atoms. The molecule has 0 atom stereocenters. The predicted molar refractivity (Wildman–Crippen MR) is 267 cm³/mol. The SMILES string of the molecule is c1cc(-c2cccc3ccccc23)cc(-c2ccc(-c3ccc(-c4ccc(-c5cccc(-c6cccc7ccccc67)c5)c5ccccc45)c4ccccc34)c3ccccc23)c1. The molecule has 0 aliphatic carbocycles. The first-order valence-electron chi connectivity index (χ1n) is 21.5. The lowest BCUT2D eigenvalue weighted by atomic mass is 9.86. The van der Waals surface area contributed by atoms with E-state index in [0.29, 0.717) is 0 Å². The Bertz CT molecular complexity index is 3440. The van der Waals surface area contributed by atoms with Crippen molar-refractivity contribution in [2.24, 2.45) is 0 Å². The molecule has 12 aromatic rings. The quantitative estimate of drug-likeness (QED) is 0.158. The summed E-state index contributed by atoms with van der Waals surface area (Å²) in [7, 11) is 0. The Kier molecular flexibility index (Phi) is 8.61. The van der Waals surface area contributed by atoms with Crippen molar-refractivity contribution in [3.8, 4) is 66.8 Å². The topological polar surface area (TPSA) is 0 Å². The maximum absolute atomic E-state index is 2.35. The summed E-state index contributed by atoms with van der Waals surface area (Å²) in [6.45, 7) is 0. The lowest BCUT2D eigenvalue weighted by Gasteiger charge is -2.18. The molecule has 0 heteroatoms. The summed E-state index contributed by atoms with van der Waals surface area (Å²) in [5.74, 6) is 0. The second-order valence-corrected chi connectivity index (χ2v) is 16.3. The number of benzene rings is 12. The zero-order chi connectivity index (χ0) is 41.0. The van der Waals surface area contributed by atoms with Gasteiger partial charge in [-0.25, -0.2) is 0 Å². The predicted octanol–water partition coefficient (Wildman–Crippen LogP) is 17.5. The largest absolute Gasteiger partial charge is 0.0616 e. The minimum atomic E-state index is 1.22. The Hall–Kier alpha value is -8.06. The van der Waals surface area contributed by atoms with Gasteiger partial charge >= 0.3 is 0 Å². The summed E-state index contributed by atoms with van der Waals surface area (Å²) in [4.78, 5) is 0. The second kappa shape index (κ2) is 14.9. The van der Waals surface area contributed by atoms with Gasteiger partial charge in [-0.1, -0.05) is 231 Å². The molecule has 288 valence electrons. The highest BCUT2D eigenvalue weighted by atomic mass is 14.2. The fraction of sp³-hybridized carbons (Fsp3) is 0. The van der Waals surface area contributed by atoms with Crippen LogP contribution in [0.1, 0.15) is 0 Å². The van der Waals surface area contributed by atoms with Crippen LogP contribution in [0.3, 0.4) is 0 Å². The van der Waals surface area contributed by atoms with Crippen LogP contribution in [0.5, 0.6) is 0 Å². The monoisotopic (exact) mass is 784 g/mol. The third-order valence-electron chi connectivity index (χ3n) is 12.9. The molecule has 0 spiro atoms. The highest BCUT2D eigenvalue weighted by molar-refractivity contribution is 6.15. The van der Waals surface area contributed by atoms with Gasteiger partial charge < -0.3 is 0 Å². The second-order valence-electron chi connectivity index (χ2n) is 16.3. The third-order valence-corrected chi connectivity index (χ3v) is 12.9. The fourth-order valence-electron chi connectivity index (χ4n) is 10.0. The maximum atomic E-state index is 2.35. The van der Waals surface area contributed by atoms with Crippen LogP contribution < -0.4 is 0 Å². The van der Waals surface area contributed by atoms with E-state index in [2.05, 4.69) is 243 Å². The maximum Gasteiger partial charge on any atom is -0.00987 e. The summed E-state index contributed by atoms with van der Waals surface area (Å²) in [6, 6.07) is 89.3. The molecule has 0 saturated heterocycles. The molecule has 12 aromatic carbocycles.